The van der Waals surface area contributed by atoms with Crippen molar-refractivity contribution in [3.8, 4) is 0 Å². The zero-order valence-electron chi connectivity index (χ0n) is 11.5. The van der Waals surface area contributed by atoms with Crippen LogP contribution in [0.2, 0.25) is 0 Å². The van der Waals surface area contributed by atoms with Gasteiger partial charge >= 0.3 is 0 Å². The highest BCUT2D eigenvalue weighted by Crippen LogP contribution is 2.21. The Kier molecular flexibility index (Phi) is 4.40. The second kappa shape index (κ2) is 5.85. The molecule has 0 spiro atoms. The molecule has 1 aliphatic rings. The number of rotatable bonds is 4. The molecular weight excluding hydrogens is 244 g/mol. The molecule has 1 amide bonds. The van der Waals surface area contributed by atoms with Crippen LogP contribution in [0.15, 0.2) is 6.07 Å². The Bertz CT molecular complexity index is 427. The van der Waals surface area contributed by atoms with Gasteiger partial charge in [-0.15, -0.1) is 11.3 Å². The molecule has 1 atom stereocenters. The fourth-order valence-corrected chi connectivity index (χ4v) is 3.59. The van der Waals surface area contributed by atoms with Crippen molar-refractivity contribution in [1.82, 2.24) is 10.2 Å². The smallest absolute Gasteiger partial charge is 0.225 e. The van der Waals surface area contributed by atoms with Crippen LogP contribution in [0.5, 0.6) is 0 Å². The summed E-state index contributed by atoms with van der Waals surface area (Å²) in [5.74, 6) is 0.153. The SMILES string of the molecule is Cc1cc(C)c(CC(=O)NC[C@@H]2CCCN2C)s1. The molecule has 1 saturated heterocycles. The van der Waals surface area contributed by atoms with Gasteiger partial charge in [-0.1, -0.05) is 0 Å². The molecule has 4 heteroatoms. The summed E-state index contributed by atoms with van der Waals surface area (Å²) in [5, 5.41) is 3.07. The van der Waals surface area contributed by atoms with E-state index in [-0.39, 0.29) is 5.91 Å². The van der Waals surface area contributed by atoms with Crippen LogP contribution in [-0.2, 0) is 11.2 Å². The maximum absolute atomic E-state index is 11.9. The first-order valence-corrected chi connectivity index (χ1v) is 7.41. The number of nitrogens with one attached hydrogen (secondary N) is 1. The minimum atomic E-state index is 0.153. The standard InChI is InChI=1S/C14H22N2OS/c1-10-7-11(2)18-13(10)8-14(17)15-9-12-5-4-6-16(12)3/h7,12H,4-6,8-9H2,1-3H3,(H,15,17)/t12-/m0/s1. The molecule has 2 rings (SSSR count). The number of hydrogen-bond acceptors (Lipinski definition) is 3. The Morgan fingerprint density at radius 2 is 2.33 bits per heavy atom. The Balaban J connectivity index is 1.80. The maximum atomic E-state index is 11.9. The summed E-state index contributed by atoms with van der Waals surface area (Å²) in [4.78, 5) is 16.7. The van der Waals surface area contributed by atoms with Crippen LogP contribution in [0.3, 0.4) is 0 Å². The molecule has 1 N–H and O–H groups in total. The van der Waals surface area contributed by atoms with Gasteiger partial charge in [-0.25, -0.2) is 0 Å². The molecular formula is C14H22N2OS. The van der Waals surface area contributed by atoms with Gasteiger partial charge in [0.2, 0.25) is 5.91 Å². The van der Waals surface area contributed by atoms with E-state index in [0.29, 0.717) is 12.5 Å². The number of carbonyl (C=O) groups is 1. The van der Waals surface area contributed by atoms with E-state index in [1.807, 2.05) is 0 Å². The largest absolute Gasteiger partial charge is 0.354 e. The summed E-state index contributed by atoms with van der Waals surface area (Å²) in [5.41, 5.74) is 1.24. The minimum Gasteiger partial charge on any atom is -0.354 e. The van der Waals surface area contributed by atoms with Crippen molar-refractivity contribution in [3.05, 3.63) is 21.4 Å². The van der Waals surface area contributed by atoms with E-state index in [0.717, 1.165) is 13.1 Å². The van der Waals surface area contributed by atoms with E-state index in [4.69, 9.17) is 0 Å². The molecule has 1 aromatic rings. The van der Waals surface area contributed by atoms with Crippen LogP contribution in [-0.4, -0.2) is 37.0 Å². The predicted octanol–water partition coefficient (Wildman–Crippen LogP) is 2.12. The van der Waals surface area contributed by atoms with Gasteiger partial charge in [0.15, 0.2) is 0 Å². The zero-order chi connectivity index (χ0) is 13.1. The lowest BCUT2D eigenvalue weighted by Crippen LogP contribution is -2.38. The summed E-state index contributed by atoms with van der Waals surface area (Å²) >= 11 is 1.73. The molecule has 100 valence electrons. The first-order chi connectivity index (χ1) is 8.56. The van der Waals surface area contributed by atoms with Crippen molar-refractivity contribution in [2.45, 2.75) is 39.2 Å². The van der Waals surface area contributed by atoms with Crippen molar-refractivity contribution >= 4 is 17.2 Å². The average molecular weight is 266 g/mol. The Hall–Kier alpha value is -0.870. The van der Waals surface area contributed by atoms with Gasteiger partial charge in [0.1, 0.15) is 0 Å². The average Bonchev–Trinajstić information content (AvgIpc) is 2.83. The van der Waals surface area contributed by atoms with Crippen LogP contribution < -0.4 is 5.32 Å². The molecule has 1 aliphatic heterocycles. The number of thiophene rings is 1. The number of likely N-dealkylation sites (tertiary alicyclic amines) is 1. The molecule has 0 saturated carbocycles. The van der Waals surface area contributed by atoms with E-state index < -0.39 is 0 Å². The first kappa shape index (κ1) is 13.6. The summed E-state index contributed by atoms with van der Waals surface area (Å²) in [7, 11) is 2.14. The predicted molar refractivity (Wildman–Crippen MR) is 76.2 cm³/mol. The molecule has 2 heterocycles. The van der Waals surface area contributed by atoms with Gasteiger partial charge in [-0.3, -0.25) is 4.79 Å². The van der Waals surface area contributed by atoms with Gasteiger partial charge in [-0.2, -0.15) is 0 Å². The van der Waals surface area contributed by atoms with E-state index in [1.54, 1.807) is 11.3 Å². The van der Waals surface area contributed by atoms with Crippen molar-refractivity contribution in [3.63, 3.8) is 0 Å². The molecule has 1 fully saturated rings. The van der Waals surface area contributed by atoms with Crippen molar-refractivity contribution in [2.75, 3.05) is 20.1 Å². The third-order valence-electron chi connectivity index (χ3n) is 3.67. The van der Waals surface area contributed by atoms with Crippen molar-refractivity contribution in [2.24, 2.45) is 0 Å². The van der Waals surface area contributed by atoms with E-state index in [1.165, 1.54) is 28.2 Å². The summed E-state index contributed by atoms with van der Waals surface area (Å²) in [6, 6.07) is 2.68. The Morgan fingerprint density at radius 3 is 2.89 bits per heavy atom. The van der Waals surface area contributed by atoms with Crippen molar-refractivity contribution < 1.29 is 4.79 Å². The first-order valence-electron chi connectivity index (χ1n) is 6.59. The van der Waals surface area contributed by atoms with Crippen molar-refractivity contribution in [1.29, 1.82) is 0 Å². The fraction of sp³-hybridized carbons (Fsp3) is 0.643. The van der Waals surface area contributed by atoms with Crippen LogP contribution in [0, 0.1) is 13.8 Å². The van der Waals surface area contributed by atoms with E-state index >= 15 is 0 Å². The molecule has 3 nitrogen and oxygen atoms in total. The highest BCUT2D eigenvalue weighted by molar-refractivity contribution is 7.12. The van der Waals surface area contributed by atoms with E-state index in [2.05, 4.69) is 37.2 Å². The van der Waals surface area contributed by atoms with Crippen LogP contribution in [0.25, 0.3) is 0 Å². The van der Waals surface area contributed by atoms with Gasteiger partial charge < -0.3 is 10.2 Å². The molecule has 0 aliphatic carbocycles. The normalized spacial score (nSPS) is 20.3. The topological polar surface area (TPSA) is 32.3 Å². The summed E-state index contributed by atoms with van der Waals surface area (Å²) in [6.07, 6.45) is 2.98. The molecule has 0 bridgehead atoms. The zero-order valence-corrected chi connectivity index (χ0v) is 12.3. The third-order valence-corrected chi connectivity index (χ3v) is 4.82. The quantitative estimate of drug-likeness (QED) is 0.905. The van der Waals surface area contributed by atoms with Crippen LogP contribution in [0.1, 0.15) is 28.2 Å². The molecule has 0 aromatic carbocycles. The van der Waals surface area contributed by atoms with Gasteiger partial charge in [0, 0.05) is 22.3 Å². The molecule has 0 radical (unpaired) electrons. The molecule has 0 unspecified atom stereocenters. The summed E-state index contributed by atoms with van der Waals surface area (Å²) in [6.45, 7) is 6.12. The number of aryl methyl sites for hydroxylation is 2. The summed E-state index contributed by atoms with van der Waals surface area (Å²) < 4.78 is 0. The number of nitrogens with zero attached hydrogens (tertiary/aromatic N) is 1. The lowest BCUT2D eigenvalue weighted by Gasteiger charge is -2.19. The Labute approximate surface area is 113 Å². The van der Waals surface area contributed by atoms with E-state index in [9.17, 15) is 4.79 Å². The molecule has 1 aromatic heterocycles. The number of likely N-dealkylation sites (N-methyl/N-ethyl adjacent to an activating group) is 1. The number of carbonyl (C=O) groups excluding carboxylic acids is 1. The van der Waals surface area contributed by atoms with Gasteiger partial charge in [0.25, 0.3) is 0 Å². The number of amides is 1. The number of hydrogen-bond donors (Lipinski definition) is 1. The Morgan fingerprint density at radius 1 is 1.56 bits per heavy atom. The van der Waals surface area contributed by atoms with Crippen LogP contribution >= 0.6 is 11.3 Å². The minimum absolute atomic E-state index is 0.153. The van der Waals surface area contributed by atoms with Gasteiger partial charge in [-0.05, 0) is 51.9 Å². The second-order valence-electron chi connectivity index (χ2n) is 5.22. The monoisotopic (exact) mass is 266 g/mol. The fourth-order valence-electron chi connectivity index (χ4n) is 2.54. The lowest BCUT2D eigenvalue weighted by molar-refractivity contribution is -0.120. The van der Waals surface area contributed by atoms with Gasteiger partial charge in [0.05, 0.1) is 6.42 Å². The third kappa shape index (κ3) is 3.33. The molecule has 18 heavy (non-hydrogen) atoms. The highest BCUT2D eigenvalue weighted by Gasteiger charge is 2.21. The maximum Gasteiger partial charge on any atom is 0.225 e. The highest BCUT2D eigenvalue weighted by atomic mass is 32.1. The second-order valence-corrected chi connectivity index (χ2v) is 6.56. The lowest BCUT2D eigenvalue weighted by atomic mass is 10.2. The van der Waals surface area contributed by atoms with Crippen LogP contribution in [0.4, 0.5) is 0 Å².